The lowest BCUT2D eigenvalue weighted by Crippen LogP contribution is -2.20. The molecule has 1 N–H and O–H groups in total. The molecular weight excluding hydrogens is 374 g/mol. The Morgan fingerprint density at radius 2 is 1.93 bits per heavy atom. The quantitative estimate of drug-likeness (QED) is 0.540. The maximum absolute atomic E-state index is 12.4. The number of ether oxygens (including phenoxy) is 1. The molecular formula is C20H19N5O2S. The second-order valence-corrected chi connectivity index (χ2v) is 7.18. The molecule has 7 nitrogen and oxygen atoms in total. The fourth-order valence-electron chi connectivity index (χ4n) is 2.76. The maximum Gasteiger partial charge on any atom is 0.262 e. The number of nitrogens with one attached hydrogen (secondary N) is 1. The van der Waals surface area contributed by atoms with Gasteiger partial charge in [-0.3, -0.25) is 4.79 Å². The van der Waals surface area contributed by atoms with Crippen LogP contribution >= 0.6 is 11.3 Å². The number of fused-ring (bicyclic) bond motifs is 1. The van der Waals surface area contributed by atoms with Gasteiger partial charge in [0, 0.05) is 5.56 Å². The van der Waals surface area contributed by atoms with Crippen molar-refractivity contribution in [2.45, 2.75) is 20.3 Å². The van der Waals surface area contributed by atoms with Gasteiger partial charge in [0.25, 0.3) is 5.91 Å². The number of carbonyl (C=O) groups is 1. The largest absolute Gasteiger partial charge is 0.484 e. The summed E-state index contributed by atoms with van der Waals surface area (Å²) in [6.07, 6.45) is 0.967. The molecule has 2 heterocycles. The van der Waals surface area contributed by atoms with E-state index < -0.39 is 0 Å². The molecule has 0 aliphatic heterocycles. The molecule has 0 fully saturated rings. The average molecular weight is 393 g/mol. The Balaban J connectivity index is 1.47. The van der Waals surface area contributed by atoms with Gasteiger partial charge in [-0.1, -0.05) is 42.5 Å². The number of aromatic nitrogens is 4. The van der Waals surface area contributed by atoms with E-state index in [4.69, 9.17) is 4.74 Å². The van der Waals surface area contributed by atoms with Crippen molar-refractivity contribution >= 4 is 27.9 Å². The minimum absolute atomic E-state index is 0.0655. The number of anilines is 1. The van der Waals surface area contributed by atoms with Crippen molar-refractivity contribution < 1.29 is 9.53 Å². The zero-order valence-electron chi connectivity index (χ0n) is 15.5. The molecule has 8 heteroatoms. The number of aryl methyl sites for hydroxylation is 2. The van der Waals surface area contributed by atoms with Gasteiger partial charge in [-0.25, -0.2) is 0 Å². The highest BCUT2D eigenvalue weighted by Gasteiger charge is 2.15. The van der Waals surface area contributed by atoms with Crippen LogP contribution in [0.25, 0.3) is 15.5 Å². The zero-order valence-corrected chi connectivity index (χ0v) is 16.4. The van der Waals surface area contributed by atoms with Crippen molar-refractivity contribution in [1.82, 2.24) is 19.8 Å². The van der Waals surface area contributed by atoms with Crippen LogP contribution in [-0.4, -0.2) is 32.3 Å². The van der Waals surface area contributed by atoms with Crippen molar-refractivity contribution in [2.24, 2.45) is 0 Å². The molecule has 0 saturated carbocycles. The van der Waals surface area contributed by atoms with Crippen molar-refractivity contribution in [3.05, 3.63) is 59.9 Å². The summed E-state index contributed by atoms with van der Waals surface area (Å²) in [5.41, 5.74) is 2.74. The Hall–Kier alpha value is -3.26. The van der Waals surface area contributed by atoms with Gasteiger partial charge in [-0.2, -0.15) is 9.61 Å². The lowest BCUT2D eigenvalue weighted by Gasteiger charge is -2.10. The van der Waals surface area contributed by atoms with Gasteiger partial charge in [-0.05, 0) is 43.2 Å². The van der Waals surface area contributed by atoms with E-state index in [0.717, 1.165) is 22.8 Å². The van der Waals surface area contributed by atoms with Crippen molar-refractivity contribution in [1.29, 1.82) is 0 Å². The van der Waals surface area contributed by atoms with Gasteiger partial charge in [0.15, 0.2) is 12.4 Å². The third-order valence-corrected chi connectivity index (χ3v) is 5.21. The molecule has 4 aromatic rings. The van der Waals surface area contributed by atoms with E-state index in [1.165, 1.54) is 16.9 Å². The van der Waals surface area contributed by atoms with Crippen LogP contribution in [0.4, 0.5) is 5.69 Å². The molecule has 4 rings (SSSR count). The topological polar surface area (TPSA) is 81.4 Å². The number of rotatable bonds is 6. The number of benzene rings is 2. The van der Waals surface area contributed by atoms with E-state index in [-0.39, 0.29) is 12.5 Å². The molecule has 2 aromatic carbocycles. The molecule has 0 aliphatic rings. The monoisotopic (exact) mass is 393 g/mol. The van der Waals surface area contributed by atoms with Gasteiger partial charge in [-0.15, -0.1) is 10.2 Å². The predicted octanol–water partition coefficient (Wildman–Crippen LogP) is 3.74. The SMILES string of the molecule is CCc1ccc(OCC(=O)Nc2ccccc2-c2nn3c(C)nnc3s2)cc1. The summed E-state index contributed by atoms with van der Waals surface area (Å²) < 4.78 is 7.29. The number of carbonyl (C=O) groups excluding carboxylic acids is 1. The van der Waals surface area contributed by atoms with Gasteiger partial charge >= 0.3 is 0 Å². The predicted molar refractivity (Wildman–Crippen MR) is 109 cm³/mol. The Morgan fingerprint density at radius 1 is 1.14 bits per heavy atom. The standard InChI is InChI=1S/C20H19N5O2S/c1-3-14-8-10-15(11-9-14)27-12-18(26)21-17-7-5-4-6-16(17)19-24-25-13(2)22-23-20(25)28-19/h4-11H,3,12H2,1-2H3,(H,21,26). The molecule has 142 valence electrons. The van der Waals surface area contributed by atoms with Crippen molar-refractivity contribution in [2.75, 3.05) is 11.9 Å². The smallest absolute Gasteiger partial charge is 0.262 e. The first-order valence-corrected chi connectivity index (χ1v) is 9.75. The lowest BCUT2D eigenvalue weighted by atomic mass is 10.2. The van der Waals surface area contributed by atoms with E-state index in [0.29, 0.717) is 16.4 Å². The van der Waals surface area contributed by atoms with Crippen LogP contribution in [0.5, 0.6) is 5.75 Å². The van der Waals surface area contributed by atoms with E-state index >= 15 is 0 Å². The van der Waals surface area contributed by atoms with Crippen LogP contribution in [0.1, 0.15) is 18.3 Å². The molecule has 0 aliphatic carbocycles. The van der Waals surface area contributed by atoms with Crippen LogP contribution < -0.4 is 10.1 Å². The van der Waals surface area contributed by atoms with Gasteiger partial charge < -0.3 is 10.1 Å². The van der Waals surface area contributed by atoms with E-state index in [1.54, 1.807) is 4.52 Å². The molecule has 0 unspecified atom stereocenters. The van der Waals surface area contributed by atoms with Crippen LogP contribution in [-0.2, 0) is 11.2 Å². The molecule has 1 amide bonds. The third-order valence-electron chi connectivity index (χ3n) is 4.28. The summed E-state index contributed by atoms with van der Waals surface area (Å²) in [6, 6.07) is 15.3. The van der Waals surface area contributed by atoms with Gasteiger partial charge in [0.05, 0.1) is 5.69 Å². The van der Waals surface area contributed by atoms with Gasteiger partial charge in [0.2, 0.25) is 4.96 Å². The highest BCUT2D eigenvalue weighted by molar-refractivity contribution is 7.19. The minimum atomic E-state index is -0.230. The van der Waals surface area contributed by atoms with Crippen LogP contribution in [0.15, 0.2) is 48.5 Å². The average Bonchev–Trinajstić information content (AvgIpc) is 3.29. The fraction of sp³-hybridized carbons (Fsp3) is 0.200. The van der Waals surface area contributed by atoms with E-state index in [9.17, 15) is 4.79 Å². The number of amides is 1. The first-order valence-electron chi connectivity index (χ1n) is 8.94. The normalized spacial score (nSPS) is 10.9. The fourth-order valence-corrected chi connectivity index (χ4v) is 3.68. The number of hydrogen-bond acceptors (Lipinski definition) is 6. The van der Waals surface area contributed by atoms with Crippen molar-refractivity contribution in [3.8, 4) is 16.3 Å². The number of nitrogens with zero attached hydrogens (tertiary/aromatic N) is 4. The second-order valence-electron chi connectivity index (χ2n) is 6.23. The Morgan fingerprint density at radius 3 is 2.68 bits per heavy atom. The molecule has 0 radical (unpaired) electrons. The van der Waals surface area contributed by atoms with Gasteiger partial charge in [0.1, 0.15) is 10.8 Å². The molecule has 0 atom stereocenters. The third kappa shape index (κ3) is 3.72. The summed E-state index contributed by atoms with van der Waals surface area (Å²) in [5, 5.41) is 16.3. The molecule has 0 saturated heterocycles. The van der Waals surface area contributed by atoms with E-state index in [2.05, 4.69) is 27.5 Å². The number of hydrogen-bond donors (Lipinski definition) is 1. The van der Waals surface area contributed by atoms with Crippen LogP contribution in [0, 0.1) is 6.92 Å². The number of para-hydroxylation sites is 1. The Bertz CT molecular complexity index is 1120. The van der Waals surface area contributed by atoms with Crippen LogP contribution in [0.2, 0.25) is 0 Å². The Labute approximate surface area is 166 Å². The molecule has 0 spiro atoms. The van der Waals surface area contributed by atoms with Crippen LogP contribution in [0.3, 0.4) is 0 Å². The summed E-state index contributed by atoms with van der Waals surface area (Å²) in [6.45, 7) is 3.88. The maximum atomic E-state index is 12.4. The molecule has 2 aromatic heterocycles. The minimum Gasteiger partial charge on any atom is -0.484 e. The summed E-state index contributed by atoms with van der Waals surface area (Å²) in [5.74, 6) is 1.16. The first kappa shape index (κ1) is 18.1. The summed E-state index contributed by atoms with van der Waals surface area (Å²) >= 11 is 1.42. The first-order chi connectivity index (χ1) is 13.6. The van der Waals surface area contributed by atoms with E-state index in [1.807, 2.05) is 55.5 Å². The summed E-state index contributed by atoms with van der Waals surface area (Å²) in [4.78, 5) is 13.1. The molecule has 0 bridgehead atoms. The molecule has 28 heavy (non-hydrogen) atoms. The lowest BCUT2D eigenvalue weighted by molar-refractivity contribution is -0.118. The Kier molecular flexibility index (Phi) is 5.03. The highest BCUT2D eigenvalue weighted by atomic mass is 32.1. The zero-order chi connectivity index (χ0) is 19.5. The summed E-state index contributed by atoms with van der Waals surface area (Å²) in [7, 11) is 0. The second kappa shape index (κ2) is 7.77. The highest BCUT2D eigenvalue weighted by Crippen LogP contribution is 2.31. The van der Waals surface area contributed by atoms with Crippen molar-refractivity contribution in [3.63, 3.8) is 0 Å².